The van der Waals surface area contributed by atoms with Crippen LogP contribution >= 0.6 is 0 Å². The number of hydrogen-bond acceptors (Lipinski definition) is 2. The lowest BCUT2D eigenvalue weighted by Gasteiger charge is -2.30. The van der Waals surface area contributed by atoms with Crippen LogP contribution in [0.2, 0.25) is 0 Å². The quantitative estimate of drug-likeness (QED) is 0.682. The molecule has 0 radical (unpaired) electrons. The van der Waals surface area contributed by atoms with E-state index in [9.17, 15) is 8.42 Å². The molecule has 1 aliphatic rings. The van der Waals surface area contributed by atoms with Crippen molar-refractivity contribution in [1.29, 1.82) is 0 Å². The van der Waals surface area contributed by atoms with Crippen molar-refractivity contribution in [3.05, 3.63) is 0 Å². The number of hydrogen-bond donors (Lipinski definition) is 0. The molecule has 0 bridgehead atoms. The fourth-order valence-electron chi connectivity index (χ4n) is 2.08. The van der Waals surface area contributed by atoms with Gasteiger partial charge in [-0.15, -0.1) is 0 Å². The van der Waals surface area contributed by atoms with E-state index < -0.39 is 10.0 Å². The molecule has 1 rings (SSSR count). The highest BCUT2D eigenvalue weighted by Gasteiger charge is 2.35. The molecule has 0 amide bonds. The van der Waals surface area contributed by atoms with Crippen LogP contribution in [0.1, 0.15) is 60.3 Å². The Morgan fingerprint density at radius 2 is 1.61 bits per heavy atom. The molecule has 0 unspecified atom stereocenters. The average Bonchev–Trinajstić information content (AvgIpc) is 3.05. The van der Waals surface area contributed by atoms with Crippen molar-refractivity contribution in [2.75, 3.05) is 6.54 Å². The minimum absolute atomic E-state index is 0.139. The van der Waals surface area contributed by atoms with Crippen LogP contribution in [0, 0.1) is 11.8 Å². The lowest BCUT2D eigenvalue weighted by molar-refractivity contribution is 0.295. The predicted octanol–water partition coefficient (Wildman–Crippen LogP) is 3.26. The molecule has 0 aliphatic heterocycles. The van der Waals surface area contributed by atoms with Gasteiger partial charge in [0.15, 0.2) is 0 Å². The molecule has 1 atom stereocenters. The third-order valence-corrected chi connectivity index (χ3v) is 6.07. The summed E-state index contributed by atoms with van der Waals surface area (Å²) in [6.07, 6.45) is 4.45. The van der Waals surface area contributed by atoms with Crippen LogP contribution in [-0.2, 0) is 10.0 Å². The standard InChI is InChI=1S/C14H29NO2S/c1-11(2)6-7-13(5)15(10-14-8-9-14)18(16,17)12(3)4/h11-14H,6-10H2,1-5H3/t13-/m0/s1. The van der Waals surface area contributed by atoms with Gasteiger partial charge in [-0.1, -0.05) is 13.8 Å². The SMILES string of the molecule is CC(C)CC[C@H](C)N(CC1CC1)S(=O)(=O)C(C)C. The Hall–Kier alpha value is -0.0900. The van der Waals surface area contributed by atoms with Crippen LogP contribution in [0.3, 0.4) is 0 Å². The van der Waals surface area contributed by atoms with E-state index in [1.54, 1.807) is 18.2 Å². The van der Waals surface area contributed by atoms with Crippen molar-refractivity contribution in [3.63, 3.8) is 0 Å². The molecule has 1 saturated carbocycles. The van der Waals surface area contributed by atoms with Gasteiger partial charge >= 0.3 is 0 Å². The van der Waals surface area contributed by atoms with Crippen LogP contribution in [0.4, 0.5) is 0 Å². The molecule has 0 aromatic carbocycles. The summed E-state index contributed by atoms with van der Waals surface area (Å²) in [5.74, 6) is 1.25. The molecule has 108 valence electrons. The van der Waals surface area contributed by atoms with E-state index in [0.717, 1.165) is 19.4 Å². The number of nitrogens with zero attached hydrogens (tertiary/aromatic N) is 1. The monoisotopic (exact) mass is 275 g/mol. The largest absolute Gasteiger partial charge is 0.216 e. The second-order valence-electron chi connectivity index (χ2n) is 6.43. The summed E-state index contributed by atoms with van der Waals surface area (Å²) < 4.78 is 26.6. The van der Waals surface area contributed by atoms with E-state index in [4.69, 9.17) is 0 Å². The molecule has 0 heterocycles. The Bertz CT molecular complexity index is 345. The minimum Gasteiger partial charge on any atom is -0.212 e. The van der Waals surface area contributed by atoms with Crippen LogP contribution in [-0.4, -0.2) is 30.6 Å². The van der Waals surface area contributed by atoms with Crippen molar-refractivity contribution >= 4 is 10.0 Å². The van der Waals surface area contributed by atoms with Gasteiger partial charge in [0.1, 0.15) is 0 Å². The summed E-state index contributed by atoms with van der Waals surface area (Å²) in [7, 11) is -3.11. The second-order valence-corrected chi connectivity index (χ2v) is 8.87. The van der Waals surface area contributed by atoms with E-state index >= 15 is 0 Å². The Kier molecular flexibility index (Phi) is 5.66. The first-order chi connectivity index (χ1) is 8.25. The molecule has 18 heavy (non-hydrogen) atoms. The molecule has 1 fully saturated rings. The van der Waals surface area contributed by atoms with Crippen LogP contribution in [0.25, 0.3) is 0 Å². The van der Waals surface area contributed by atoms with Gasteiger partial charge in [-0.2, -0.15) is 4.31 Å². The van der Waals surface area contributed by atoms with Gasteiger partial charge in [0, 0.05) is 12.6 Å². The summed E-state index contributed by atoms with van der Waals surface area (Å²) in [6, 6.07) is 0.139. The molecule has 0 saturated heterocycles. The average molecular weight is 275 g/mol. The fourth-order valence-corrected chi connectivity index (χ4v) is 3.65. The zero-order valence-electron chi connectivity index (χ0n) is 12.5. The van der Waals surface area contributed by atoms with E-state index in [-0.39, 0.29) is 11.3 Å². The van der Waals surface area contributed by atoms with Gasteiger partial charge in [0.25, 0.3) is 0 Å². The molecule has 0 aromatic rings. The normalized spacial score (nSPS) is 18.9. The second kappa shape index (κ2) is 6.38. The first-order valence-electron chi connectivity index (χ1n) is 7.25. The molecule has 4 heteroatoms. The summed E-state index contributed by atoms with van der Waals surface area (Å²) in [5, 5.41) is -0.308. The molecule has 1 aliphatic carbocycles. The predicted molar refractivity (Wildman–Crippen MR) is 77.0 cm³/mol. The molecular weight excluding hydrogens is 246 g/mol. The first kappa shape index (κ1) is 16.0. The Morgan fingerprint density at radius 3 is 2.00 bits per heavy atom. The zero-order valence-corrected chi connectivity index (χ0v) is 13.3. The summed E-state index contributed by atoms with van der Waals surface area (Å²) in [4.78, 5) is 0. The van der Waals surface area contributed by atoms with Crippen molar-refractivity contribution in [2.45, 2.75) is 71.6 Å². The lowest BCUT2D eigenvalue weighted by Crippen LogP contribution is -2.43. The van der Waals surface area contributed by atoms with Crippen molar-refractivity contribution < 1.29 is 8.42 Å². The van der Waals surface area contributed by atoms with Gasteiger partial charge < -0.3 is 0 Å². The lowest BCUT2D eigenvalue weighted by atomic mass is 10.0. The molecule has 0 N–H and O–H groups in total. The highest BCUT2D eigenvalue weighted by atomic mass is 32.2. The molecule has 3 nitrogen and oxygen atoms in total. The summed E-state index contributed by atoms with van der Waals surface area (Å²) in [6.45, 7) is 10.7. The highest BCUT2D eigenvalue weighted by Crippen LogP contribution is 2.32. The number of sulfonamides is 1. The van der Waals surface area contributed by atoms with E-state index in [2.05, 4.69) is 20.8 Å². The third-order valence-electron chi connectivity index (χ3n) is 3.71. The maximum Gasteiger partial charge on any atom is 0.216 e. The van der Waals surface area contributed by atoms with Crippen LogP contribution in [0.5, 0.6) is 0 Å². The van der Waals surface area contributed by atoms with Gasteiger partial charge in [-0.05, 0) is 58.3 Å². The minimum atomic E-state index is -3.11. The molecule has 0 aromatic heterocycles. The number of rotatable bonds is 8. The highest BCUT2D eigenvalue weighted by molar-refractivity contribution is 7.89. The maximum absolute atomic E-state index is 12.4. The Labute approximate surface area is 113 Å². The molecular formula is C14H29NO2S. The topological polar surface area (TPSA) is 37.4 Å². The van der Waals surface area contributed by atoms with Gasteiger partial charge in [0.05, 0.1) is 5.25 Å². The first-order valence-corrected chi connectivity index (χ1v) is 8.76. The summed E-state index contributed by atoms with van der Waals surface area (Å²) in [5.41, 5.74) is 0. The maximum atomic E-state index is 12.4. The van der Waals surface area contributed by atoms with Crippen molar-refractivity contribution in [3.8, 4) is 0 Å². The fraction of sp³-hybridized carbons (Fsp3) is 1.00. The molecule has 0 spiro atoms. The van der Waals surface area contributed by atoms with Crippen LogP contribution in [0.15, 0.2) is 0 Å². The smallest absolute Gasteiger partial charge is 0.212 e. The summed E-state index contributed by atoms with van der Waals surface area (Å²) >= 11 is 0. The van der Waals surface area contributed by atoms with E-state index in [1.165, 1.54) is 12.8 Å². The Balaban J connectivity index is 2.70. The van der Waals surface area contributed by atoms with Gasteiger partial charge in [0.2, 0.25) is 10.0 Å². The van der Waals surface area contributed by atoms with Gasteiger partial charge in [-0.25, -0.2) is 8.42 Å². The van der Waals surface area contributed by atoms with Gasteiger partial charge in [-0.3, -0.25) is 0 Å². The zero-order chi connectivity index (χ0) is 13.9. The third kappa shape index (κ3) is 4.54. The Morgan fingerprint density at radius 1 is 1.06 bits per heavy atom. The van der Waals surface area contributed by atoms with E-state index in [0.29, 0.717) is 11.8 Å². The van der Waals surface area contributed by atoms with Crippen molar-refractivity contribution in [1.82, 2.24) is 4.31 Å². The van der Waals surface area contributed by atoms with Crippen molar-refractivity contribution in [2.24, 2.45) is 11.8 Å². The van der Waals surface area contributed by atoms with E-state index in [1.807, 2.05) is 0 Å². The van der Waals surface area contributed by atoms with Crippen LogP contribution < -0.4 is 0 Å².